The minimum atomic E-state index is -3.94. The molecule has 29 heavy (non-hydrogen) atoms. The van der Waals surface area contributed by atoms with E-state index in [1.54, 1.807) is 24.3 Å². The molecule has 0 radical (unpaired) electrons. The molecular weight excluding hydrogens is 388 g/mol. The molecule has 0 aliphatic rings. The van der Waals surface area contributed by atoms with Gasteiger partial charge >= 0.3 is 0 Å². The molecule has 0 fully saturated rings. The quantitative estimate of drug-likeness (QED) is 0.670. The lowest BCUT2D eigenvalue weighted by Crippen LogP contribution is -2.48. The molecule has 2 aromatic carbocycles. The topological polar surface area (TPSA) is 75.7 Å². The first-order valence-electron chi connectivity index (χ1n) is 9.72. The zero-order valence-electron chi connectivity index (χ0n) is 17.7. The van der Waals surface area contributed by atoms with E-state index in [1.165, 1.54) is 12.1 Å². The fourth-order valence-corrected chi connectivity index (χ4v) is 4.08. The fraction of sp³-hybridized carbons (Fsp3) is 0.409. The van der Waals surface area contributed by atoms with Crippen molar-refractivity contribution >= 4 is 21.6 Å². The molecular formula is C22H30N2O4S. The number of hydrogen-bond acceptors (Lipinski definition) is 4. The first-order chi connectivity index (χ1) is 13.6. The van der Waals surface area contributed by atoms with Gasteiger partial charge < -0.3 is 10.1 Å². The Kier molecular flexibility index (Phi) is 7.30. The minimum absolute atomic E-state index is 0.101. The van der Waals surface area contributed by atoms with Gasteiger partial charge in [-0.3, -0.25) is 9.10 Å². The zero-order chi connectivity index (χ0) is 21.7. The average molecular weight is 419 g/mol. The highest BCUT2D eigenvalue weighted by Crippen LogP contribution is 2.25. The van der Waals surface area contributed by atoms with E-state index in [4.69, 9.17) is 4.74 Å². The van der Waals surface area contributed by atoms with E-state index >= 15 is 0 Å². The largest absolute Gasteiger partial charge is 0.494 e. The first kappa shape index (κ1) is 22.7. The van der Waals surface area contributed by atoms with E-state index in [1.807, 2.05) is 46.8 Å². The highest BCUT2D eigenvalue weighted by molar-refractivity contribution is 7.92. The Morgan fingerprint density at radius 2 is 1.62 bits per heavy atom. The van der Waals surface area contributed by atoms with Gasteiger partial charge in [0.2, 0.25) is 5.91 Å². The Morgan fingerprint density at radius 3 is 2.14 bits per heavy atom. The van der Waals surface area contributed by atoms with Crippen LogP contribution in [0.1, 0.15) is 39.7 Å². The maximum Gasteiger partial charge on any atom is 0.264 e. The lowest BCUT2D eigenvalue weighted by molar-refractivity contribution is -0.121. The second-order valence-electron chi connectivity index (χ2n) is 7.54. The molecule has 0 unspecified atom stereocenters. The first-order valence-corrected chi connectivity index (χ1v) is 11.2. The van der Waals surface area contributed by atoms with Crippen LogP contribution in [0.2, 0.25) is 0 Å². The molecule has 0 saturated heterocycles. The molecule has 0 saturated carbocycles. The molecule has 6 nitrogen and oxygen atoms in total. The summed E-state index contributed by atoms with van der Waals surface area (Å²) in [5.74, 6) is 0.239. The van der Waals surface area contributed by atoms with Crippen molar-refractivity contribution in [1.29, 1.82) is 0 Å². The molecule has 0 atom stereocenters. The van der Waals surface area contributed by atoms with Gasteiger partial charge in [-0.2, -0.15) is 0 Å². The van der Waals surface area contributed by atoms with Crippen LogP contribution in [-0.4, -0.2) is 33.0 Å². The lowest BCUT2D eigenvalue weighted by atomic mass is 10.0. The highest BCUT2D eigenvalue weighted by atomic mass is 32.2. The molecule has 158 valence electrons. The Bertz CT molecular complexity index is 920. The third kappa shape index (κ3) is 5.97. The van der Waals surface area contributed by atoms with Gasteiger partial charge in [0.25, 0.3) is 10.0 Å². The van der Waals surface area contributed by atoms with Crippen molar-refractivity contribution in [2.24, 2.45) is 0 Å². The molecule has 0 aromatic heterocycles. The van der Waals surface area contributed by atoms with Crippen molar-refractivity contribution in [2.75, 3.05) is 17.5 Å². The minimum Gasteiger partial charge on any atom is -0.494 e. The van der Waals surface area contributed by atoms with Gasteiger partial charge in [-0.1, -0.05) is 24.6 Å². The van der Waals surface area contributed by atoms with Gasteiger partial charge in [0.1, 0.15) is 12.3 Å². The van der Waals surface area contributed by atoms with Crippen molar-refractivity contribution in [3.63, 3.8) is 0 Å². The number of hydrogen-bond donors (Lipinski definition) is 1. The van der Waals surface area contributed by atoms with E-state index in [9.17, 15) is 13.2 Å². The van der Waals surface area contributed by atoms with E-state index in [-0.39, 0.29) is 17.3 Å². The second-order valence-corrected chi connectivity index (χ2v) is 9.40. The number of anilines is 1. The molecule has 0 aliphatic carbocycles. The summed E-state index contributed by atoms with van der Waals surface area (Å²) in [5, 5.41) is 2.90. The van der Waals surface area contributed by atoms with Crippen molar-refractivity contribution in [3.05, 3.63) is 54.1 Å². The Labute approximate surface area is 173 Å². The van der Waals surface area contributed by atoms with Gasteiger partial charge in [-0.15, -0.1) is 0 Å². The third-order valence-electron chi connectivity index (χ3n) is 4.69. The summed E-state index contributed by atoms with van der Waals surface area (Å²) in [4.78, 5) is 12.7. The smallest absolute Gasteiger partial charge is 0.264 e. The lowest BCUT2D eigenvalue weighted by Gasteiger charge is -2.28. The molecule has 0 aliphatic heterocycles. The normalized spacial score (nSPS) is 11.8. The van der Waals surface area contributed by atoms with Crippen LogP contribution in [0.15, 0.2) is 53.4 Å². The number of carbonyl (C=O) groups excluding carboxylic acids is 1. The number of nitrogens with zero attached hydrogens (tertiary/aromatic N) is 1. The van der Waals surface area contributed by atoms with Crippen LogP contribution < -0.4 is 14.4 Å². The maximum absolute atomic E-state index is 13.4. The van der Waals surface area contributed by atoms with E-state index in [0.717, 1.165) is 16.3 Å². The molecule has 2 rings (SSSR count). The molecule has 1 amide bonds. The van der Waals surface area contributed by atoms with Gasteiger partial charge in [0.15, 0.2) is 0 Å². The highest BCUT2D eigenvalue weighted by Gasteiger charge is 2.29. The van der Waals surface area contributed by atoms with Crippen molar-refractivity contribution in [1.82, 2.24) is 5.32 Å². The molecule has 1 N–H and O–H groups in total. The molecule has 7 heteroatoms. The monoisotopic (exact) mass is 418 g/mol. The van der Waals surface area contributed by atoms with Gasteiger partial charge in [0.05, 0.1) is 17.2 Å². The SMILES string of the molecule is CCOc1ccc(S(=O)(=O)N(CC(=O)NC(C)(C)CC)c2ccc(C)cc2)cc1. The molecule has 0 heterocycles. The third-order valence-corrected chi connectivity index (χ3v) is 6.48. The van der Waals surface area contributed by atoms with Crippen molar-refractivity contribution in [2.45, 2.75) is 51.5 Å². The van der Waals surface area contributed by atoms with Crippen LogP contribution in [0, 0.1) is 6.92 Å². The summed E-state index contributed by atoms with van der Waals surface area (Å²) in [5.41, 5.74) is 1.02. The number of ether oxygens (including phenoxy) is 1. The predicted molar refractivity (Wildman–Crippen MR) is 116 cm³/mol. The van der Waals surface area contributed by atoms with E-state index in [2.05, 4.69) is 5.32 Å². The van der Waals surface area contributed by atoms with Crippen LogP contribution >= 0.6 is 0 Å². The van der Waals surface area contributed by atoms with Crippen LogP contribution in [-0.2, 0) is 14.8 Å². The van der Waals surface area contributed by atoms with Crippen LogP contribution in [0.3, 0.4) is 0 Å². The Hall–Kier alpha value is -2.54. The summed E-state index contributed by atoms with van der Waals surface area (Å²) in [7, 11) is -3.94. The van der Waals surface area contributed by atoms with Gasteiger partial charge in [0, 0.05) is 5.54 Å². The van der Waals surface area contributed by atoms with Crippen LogP contribution in [0.25, 0.3) is 0 Å². The number of nitrogens with one attached hydrogen (secondary N) is 1. The number of amides is 1. The standard InChI is InChI=1S/C22H30N2O4S/c1-6-22(4,5)23-21(25)16-24(18-10-8-17(3)9-11-18)29(26,27)20-14-12-19(13-15-20)28-7-2/h8-15H,6-7,16H2,1-5H3,(H,23,25). The fourth-order valence-electron chi connectivity index (χ4n) is 2.66. The van der Waals surface area contributed by atoms with E-state index in [0.29, 0.717) is 18.0 Å². The van der Waals surface area contributed by atoms with Crippen molar-refractivity contribution < 1.29 is 17.9 Å². The molecule has 2 aromatic rings. The summed E-state index contributed by atoms with van der Waals surface area (Å²) in [6, 6.07) is 13.3. The summed E-state index contributed by atoms with van der Waals surface area (Å²) < 4.78 is 33.3. The second kappa shape index (κ2) is 9.31. The Balaban J connectivity index is 2.40. The summed E-state index contributed by atoms with van der Waals surface area (Å²) >= 11 is 0. The van der Waals surface area contributed by atoms with Gasteiger partial charge in [-0.25, -0.2) is 8.42 Å². The van der Waals surface area contributed by atoms with Crippen molar-refractivity contribution in [3.8, 4) is 5.75 Å². The summed E-state index contributed by atoms with van der Waals surface area (Å²) in [6.07, 6.45) is 0.731. The Morgan fingerprint density at radius 1 is 1.03 bits per heavy atom. The average Bonchev–Trinajstić information content (AvgIpc) is 2.67. The van der Waals surface area contributed by atoms with Crippen LogP contribution in [0.5, 0.6) is 5.75 Å². The number of aryl methyl sites for hydroxylation is 1. The summed E-state index contributed by atoms with van der Waals surface area (Å²) in [6.45, 7) is 9.75. The number of rotatable bonds is 9. The molecule has 0 spiro atoms. The van der Waals surface area contributed by atoms with Crippen LogP contribution in [0.4, 0.5) is 5.69 Å². The zero-order valence-corrected chi connectivity index (χ0v) is 18.5. The number of sulfonamides is 1. The number of benzene rings is 2. The van der Waals surface area contributed by atoms with Gasteiger partial charge in [-0.05, 0) is 70.5 Å². The van der Waals surface area contributed by atoms with E-state index < -0.39 is 15.6 Å². The number of carbonyl (C=O) groups is 1. The molecule has 0 bridgehead atoms. The predicted octanol–water partition coefficient (Wildman–Crippen LogP) is 3.89. The maximum atomic E-state index is 13.4.